The van der Waals surface area contributed by atoms with Gasteiger partial charge in [0.05, 0.1) is 18.6 Å². The quantitative estimate of drug-likeness (QED) is 0.727. The van der Waals surface area contributed by atoms with Crippen LogP contribution >= 0.6 is 0 Å². The van der Waals surface area contributed by atoms with E-state index in [1.807, 2.05) is 20.8 Å². The van der Waals surface area contributed by atoms with Crippen LogP contribution in [0.3, 0.4) is 0 Å². The molecule has 0 aromatic rings. The van der Waals surface area contributed by atoms with Gasteiger partial charge in [-0.15, -0.1) is 0 Å². The molecule has 1 aliphatic heterocycles. The summed E-state index contributed by atoms with van der Waals surface area (Å²) in [5.74, 6) is 0.0596. The predicted octanol–water partition coefficient (Wildman–Crippen LogP) is 0.888. The number of hydrogen-bond acceptors (Lipinski definition) is 4. The molecule has 0 aromatic heterocycles. The molecular weight excluding hydrogens is 206 g/mol. The number of aliphatic hydroxyl groups is 1. The van der Waals surface area contributed by atoms with Gasteiger partial charge in [0.25, 0.3) is 0 Å². The molecule has 94 valence electrons. The van der Waals surface area contributed by atoms with Crippen LogP contribution in [0.5, 0.6) is 0 Å². The van der Waals surface area contributed by atoms with Gasteiger partial charge in [0, 0.05) is 13.1 Å². The highest BCUT2D eigenvalue weighted by atomic mass is 16.5. The van der Waals surface area contributed by atoms with Crippen molar-refractivity contribution in [2.75, 3.05) is 26.7 Å². The smallest absolute Gasteiger partial charge is 0.310 e. The third-order valence-electron chi connectivity index (χ3n) is 3.59. The SMILES string of the molecule is COC(=O)C1CCN(CC(C)(O)C(C)C)C1. The van der Waals surface area contributed by atoms with Crippen molar-refractivity contribution in [1.82, 2.24) is 4.90 Å². The molecule has 1 saturated heterocycles. The summed E-state index contributed by atoms with van der Waals surface area (Å²) < 4.78 is 4.73. The van der Waals surface area contributed by atoms with E-state index in [-0.39, 0.29) is 17.8 Å². The highest BCUT2D eigenvalue weighted by molar-refractivity contribution is 5.72. The lowest BCUT2D eigenvalue weighted by Gasteiger charge is -2.32. The molecule has 4 nitrogen and oxygen atoms in total. The van der Waals surface area contributed by atoms with Crippen LogP contribution in [-0.2, 0) is 9.53 Å². The maximum Gasteiger partial charge on any atom is 0.310 e. The van der Waals surface area contributed by atoms with Crippen molar-refractivity contribution in [2.45, 2.75) is 32.8 Å². The number of hydrogen-bond donors (Lipinski definition) is 1. The number of esters is 1. The number of ether oxygens (including phenoxy) is 1. The number of likely N-dealkylation sites (tertiary alicyclic amines) is 1. The van der Waals surface area contributed by atoms with E-state index in [1.54, 1.807) is 0 Å². The van der Waals surface area contributed by atoms with Crippen LogP contribution in [-0.4, -0.2) is 48.3 Å². The Morgan fingerprint density at radius 2 is 2.25 bits per heavy atom. The van der Waals surface area contributed by atoms with E-state index in [9.17, 15) is 9.90 Å². The Hall–Kier alpha value is -0.610. The fourth-order valence-corrected chi connectivity index (χ4v) is 1.97. The van der Waals surface area contributed by atoms with Crippen LogP contribution in [0.1, 0.15) is 27.2 Å². The van der Waals surface area contributed by atoms with Gasteiger partial charge in [-0.25, -0.2) is 0 Å². The van der Waals surface area contributed by atoms with Gasteiger partial charge in [-0.3, -0.25) is 9.69 Å². The first-order valence-electron chi connectivity index (χ1n) is 5.89. The summed E-state index contributed by atoms with van der Waals surface area (Å²) >= 11 is 0. The van der Waals surface area contributed by atoms with Crippen molar-refractivity contribution in [1.29, 1.82) is 0 Å². The Morgan fingerprint density at radius 1 is 1.62 bits per heavy atom. The Balaban J connectivity index is 2.45. The topological polar surface area (TPSA) is 49.8 Å². The maximum absolute atomic E-state index is 11.3. The molecule has 0 amide bonds. The summed E-state index contributed by atoms with van der Waals surface area (Å²) in [5, 5.41) is 10.2. The number of methoxy groups -OCH3 is 1. The molecule has 2 unspecified atom stereocenters. The fourth-order valence-electron chi connectivity index (χ4n) is 1.97. The second kappa shape index (κ2) is 5.15. The molecule has 16 heavy (non-hydrogen) atoms. The van der Waals surface area contributed by atoms with Crippen molar-refractivity contribution >= 4 is 5.97 Å². The maximum atomic E-state index is 11.3. The molecule has 1 heterocycles. The summed E-state index contributed by atoms with van der Waals surface area (Å²) in [6.07, 6.45) is 0.834. The molecule has 1 rings (SSSR count). The lowest BCUT2D eigenvalue weighted by atomic mass is 9.92. The largest absolute Gasteiger partial charge is 0.469 e. The van der Waals surface area contributed by atoms with Crippen LogP contribution in [0.15, 0.2) is 0 Å². The first-order chi connectivity index (χ1) is 7.36. The predicted molar refractivity (Wildman–Crippen MR) is 62.0 cm³/mol. The minimum Gasteiger partial charge on any atom is -0.469 e. The van der Waals surface area contributed by atoms with Crippen LogP contribution in [0.4, 0.5) is 0 Å². The second-order valence-corrected chi connectivity index (χ2v) is 5.26. The van der Waals surface area contributed by atoms with Crippen molar-refractivity contribution in [3.63, 3.8) is 0 Å². The number of carbonyl (C=O) groups excluding carboxylic acids is 1. The van der Waals surface area contributed by atoms with E-state index in [4.69, 9.17) is 4.74 Å². The number of β-amino-alcohol motifs (C(OH)–C–C–N with tert-alkyl or cyclic N) is 1. The standard InChI is InChI=1S/C12H23NO3/c1-9(2)12(3,15)8-13-6-5-10(7-13)11(14)16-4/h9-10,15H,5-8H2,1-4H3. The fraction of sp³-hybridized carbons (Fsp3) is 0.917. The lowest BCUT2D eigenvalue weighted by molar-refractivity contribution is -0.145. The minimum atomic E-state index is -0.689. The van der Waals surface area contributed by atoms with Gasteiger partial charge in [-0.2, -0.15) is 0 Å². The first kappa shape index (κ1) is 13.5. The summed E-state index contributed by atoms with van der Waals surface area (Å²) in [6, 6.07) is 0. The molecule has 1 aliphatic rings. The Bertz CT molecular complexity index is 251. The average molecular weight is 229 g/mol. The highest BCUT2D eigenvalue weighted by Gasteiger charge is 2.34. The molecule has 0 aromatic carbocycles. The van der Waals surface area contributed by atoms with Crippen LogP contribution in [0, 0.1) is 11.8 Å². The van der Waals surface area contributed by atoms with E-state index in [0.717, 1.165) is 13.0 Å². The van der Waals surface area contributed by atoms with Crippen LogP contribution in [0.2, 0.25) is 0 Å². The Labute approximate surface area is 97.6 Å². The van der Waals surface area contributed by atoms with Gasteiger partial charge >= 0.3 is 5.97 Å². The van der Waals surface area contributed by atoms with Crippen molar-refractivity contribution < 1.29 is 14.6 Å². The minimum absolute atomic E-state index is 0.0204. The van der Waals surface area contributed by atoms with Crippen molar-refractivity contribution in [2.24, 2.45) is 11.8 Å². The van der Waals surface area contributed by atoms with E-state index < -0.39 is 5.60 Å². The molecule has 1 N–H and O–H groups in total. The molecule has 2 atom stereocenters. The normalized spacial score (nSPS) is 25.8. The first-order valence-corrected chi connectivity index (χ1v) is 5.89. The summed E-state index contributed by atoms with van der Waals surface area (Å²) in [4.78, 5) is 13.5. The zero-order chi connectivity index (χ0) is 12.3. The lowest BCUT2D eigenvalue weighted by Crippen LogP contribution is -2.44. The Kier molecular flexibility index (Phi) is 4.33. The van der Waals surface area contributed by atoms with Gasteiger partial charge < -0.3 is 9.84 Å². The summed E-state index contributed by atoms with van der Waals surface area (Å²) in [7, 11) is 1.43. The molecule has 0 radical (unpaired) electrons. The highest BCUT2D eigenvalue weighted by Crippen LogP contribution is 2.23. The van der Waals surface area contributed by atoms with Gasteiger partial charge in [0.15, 0.2) is 0 Å². The Morgan fingerprint density at radius 3 is 2.75 bits per heavy atom. The number of nitrogens with zero attached hydrogens (tertiary/aromatic N) is 1. The van der Waals surface area contributed by atoms with Crippen molar-refractivity contribution in [3.05, 3.63) is 0 Å². The zero-order valence-corrected chi connectivity index (χ0v) is 10.7. The average Bonchev–Trinajstić information content (AvgIpc) is 2.64. The monoisotopic (exact) mass is 229 g/mol. The third-order valence-corrected chi connectivity index (χ3v) is 3.59. The van der Waals surface area contributed by atoms with E-state index >= 15 is 0 Å². The van der Waals surface area contributed by atoms with Gasteiger partial charge in [0.1, 0.15) is 0 Å². The number of carbonyl (C=O) groups is 1. The molecule has 0 saturated carbocycles. The van der Waals surface area contributed by atoms with E-state index in [1.165, 1.54) is 7.11 Å². The van der Waals surface area contributed by atoms with Crippen molar-refractivity contribution in [3.8, 4) is 0 Å². The summed E-state index contributed by atoms with van der Waals surface area (Å²) in [6.45, 7) is 8.06. The summed E-state index contributed by atoms with van der Waals surface area (Å²) in [5.41, 5.74) is -0.689. The molecule has 0 aliphatic carbocycles. The zero-order valence-electron chi connectivity index (χ0n) is 10.7. The van der Waals surface area contributed by atoms with Gasteiger partial charge in [-0.05, 0) is 25.8 Å². The third kappa shape index (κ3) is 3.19. The molecule has 1 fully saturated rings. The van der Waals surface area contributed by atoms with Gasteiger partial charge in [0.2, 0.25) is 0 Å². The molecule has 0 spiro atoms. The van der Waals surface area contributed by atoms with Crippen LogP contribution < -0.4 is 0 Å². The van der Waals surface area contributed by atoms with E-state index in [2.05, 4.69) is 4.90 Å². The molecule has 4 heteroatoms. The van der Waals surface area contributed by atoms with Gasteiger partial charge in [-0.1, -0.05) is 13.8 Å². The number of rotatable bonds is 4. The molecule has 0 bridgehead atoms. The van der Waals surface area contributed by atoms with Crippen LogP contribution in [0.25, 0.3) is 0 Å². The van der Waals surface area contributed by atoms with E-state index in [0.29, 0.717) is 13.1 Å². The molecular formula is C12H23NO3. The second-order valence-electron chi connectivity index (χ2n) is 5.26.